The number of ether oxygens (including phenoxy) is 7. The first-order chi connectivity index (χ1) is 38.0. The van der Waals surface area contributed by atoms with Crippen LogP contribution in [0.15, 0.2) is 40.1 Å². The molecular weight excluding hydrogens is 1180 g/mol. The number of aryl methyl sites for hydroxylation is 2. The van der Waals surface area contributed by atoms with Crippen molar-refractivity contribution in [3.8, 4) is 11.5 Å². The van der Waals surface area contributed by atoms with Crippen LogP contribution in [0.3, 0.4) is 0 Å². The third-order valence-electron chi connectivity index (χ3n) is 14.3. The molecule has 19 nitrogen and oxygen atoms in total. The van der Waals surface area contributed by atoms with Crippen molar-refractivity contribution in [1.29, 1.82) is 0 Å². The normalized spacial score (nSPS) is 15.5. The highest BCUT2D eigenvalue weighted by molar-refractivity contribution is 9.09. The largest absolute Gasteiger partial charge is 0.455 e. The van der Waals surface area contributed by atoms with Gasteiger partial charge in [0.1, 0.15) is 24.6 Å². The van der Waals surface area contributed by atoms with Crippen molar-refractivity contribution in [3.63, 3.8) is 0 Å². The number of sulfonamides is 2. The number of fused-ring (bicyclic) bond motifs is 4. The van der Waals surface area contributed by atoms with Gasteiger partial charge in [-0.15, -0.1) is 0 Å². The highest BCUT2D eigenvalue weighted by atomic mass is 79.9. The molecule has 5 heterocycles. The Bertz CT molecular complexity index is 2910. The number of halogens is 2. The number of anilines is 1. The second-order valence-electron chi connectivity index (χ2n) is 19.9. The minimum atomic E-state index is -4.36. The van der Waals surface area contributed by atoms with Crippen molar-refractivity contribution in [2.45, 2.75) is 86.8 Å². The average Bonchev–Trinajstić information content (AvgIpc) is 3.36. The van der Waals surface area contributed by atoms with E-state index in [1.54, 1.807) is 6.07 Å². The number of rotatable bonds is 35. The standard InChI is InChI=1S/C55H76Br2N6O13S2/c56-38-49(64)58-15-5-23-70-27-31-74-33-29-72-25-7-17-60-77(66,67)42-13-14-43(48(37-42)78(68,69)61-18-8-26-73-30-34-75-32-28-71-24-6-16-59-50(65)39-57)51-46-35-40-9-1-19-62-21-3-11-44(52(40)62)54(46)76-55-45-12-4-22-63-20-2-10-41(53(45)63)36-47(51)55/h13-14,35-37,60-61H,1-12,15-34,38-39H2,(H-,58,59,64,65)/p+1. The fourth-order valence-corrected chi connectivity index (χ4v) is 13.7. The Morgan fingerprint density at radius 1 is 0.564 bits per heavy atom. The average molecular weight is 1250 g/mol. The van der Waals surface area contributed by atoms with Crippen molar-refractivity contribution in [2.75, 3.05) is 147 Å². The van der Waals surface area contributed by atoms with Crippen LogP contribution < -0.4 is 44.9 Å². The predicted octanol–water partition coefficient (Wildman–Crippen LogP) is 3.36. The summed E-state index contributed by atoms with van der Waals surface area (Å²) < 4.78 is 107. The summed E-state index contributed by atoms with van der Waals surface area (Å²) in [5, 5.41) is 8.16. The van der Waals surface area contributed by atoms with Gasteiger partial charge < -0.3 is 48.7 Å². The van der Waals surface area contributed by atoms with Crippen molar-refractivity contribution >= 4 is 75.0 Å². The van der Waals surface area contributed by atoms with Gasteiger partial charge in [0.25, 0.3) is 0 Å². The summed E-state index contributed by atoms with van der Waals surface area (Å²) in [5.41, 5.74) is 7.99. The molecule has 5 aliphatic heterocycles. The SMILES string of the molecule is O=C(CBr)NCCCOCCOCCOCCCNS(=O)(=O)c1ccc(C2=c3cc4c5c(c3Oc3c2cc2c6c3CCCN6CCC2)CCC[N+]=5CCC4)c(S(=O)(=O)NCCCOCCOCCOCCCNC(=O)CBr)c1. The Morgan fingerprint density at radius 3 is 1.67 bits per heavy atom. The first kappa shape index (κ1) is 60.5. The molecule has 0 aromatic heterocycles. The molecule has 0 fully saturated rings. The number of nitrogens with one attached hydrogen (secondary N) is 4. The third-order valence-corrected chi connectivity index (χ3v) is 18.3. The van der Waals surface area contributed by atoms with E-state index >= 15 is 0 Å². The van der Waals surface area contributed by atoms with Gasteiger partial charge in [-0.25, -0.2) is 30.9 Å². The van der Waals surface area contributed by atoms with Crippen LogP contribution in [-0.4, -0.2) is 171 Å². The van der Waals surface area contributed by atoms with E-state index in [1.165, 1.54) is 34.3 Å². The van der Waals surface area contributed by atoms with E-state index in [-0.39, 0.29) is 58.6 Å². The van der Waals surface area contributed by atoms with Gasteiger partial charge in [-0.2, -0.15) is 0 Å². The van der Waals surface area contributed by atoms with Gasteiger partial charge in [0.15, 0.2) is 0 Å². The van der Waals surface area contributed by atoms with E-state index in [0.29, 0.717) is 110 Å². The predicted molar refractivity (Wildman–Crippen MR) is 304 cm³/mol. The Kier molecular flexibility index (Phi) is 23.6. The smallest absolute Gasteiger partial charge is 0.241 e. The van der Waals surface area contributed by atoms with E-state index in [0.717, 1.165) is 117 Å². The number of benzene rings is 3. The number of nitrogens with zero attached hydrogens (tertiary/aromatic N) is 2. The molecular formula is C55H77Br2N6O13S2+. The lowest BCUT2D eigenvalue weighted by Crippen LogP contribution is -2.45. The molecule has 0 saturated heterocycles. The van der Waals surface area contributed by atoms with Crippen molar-refractivity contribution in [3.05, 3.63) is 74.3 Å². The van der Waals surface area contributed by atoms with Crippen molar-refractivity contribution < 1.29 is 59.6 Å². The molecule has 3 aromatic rings. The minimum Gasteiger partial charge on any atom is -0.455 e. The van der Waals surface area contributed by atoms with E-state index in [1.807, 2.05) is 0 Å². The van der Waals surface area contributed by atoms with Gasteiger partial charge in [-0.1, -0.05) is 37.9 Å². The molecule has 430 valence electrons. The summed E-state index contributed by atoms with van der Waals surface area (Å²) >= 11 is 6.23. The molecule has 4 N–H and O–H groups in total. The van der Waals surface area contributed by atoms with Crippen LogP contribution in [-0.2, 0) is 83.7 Å². The van der Waals surface area contributed by atoms with Crippen LogP contribution in [0.5, 0.6) is 11.5 Å². The van der Waals surface area contributed by atoms with E-state index in [4.69, 9.17) is 33.2 Å². The summed E-state index contributed by atoms with van der Waals surface area (Å²) in [6, 6.07) is 8.92. The van der Waals surface area contributed by atoms with E-state index < -0.39 is 20.0 Å². The molecule has 78 heavy (non-hydrogen) atoms. The zero-order valence-corrected chi connectivity index (χ0v) is 49.5. The van der Waals surface area contributed by atoms with Gasteiger partial charge >= 0.3 is 0 Å². The third kappa shape index (κ3) is 16.1. The highest BCUT2D eigenvalue weighted by Crippen LogP contribution is 2.49. The molecule has 8 rings (SSSR count). The second-order valence-corrected chi connectivity index (χ2v) is 24.5. The first-order valence-electron chi connectivity index (χ1n) is 27.7. The number of carbonyl (C=O) groups excluding carboxylic acids is 2. The lowest BCUT2D eigenvalue weighted by Gasteiger charge is -2.39. The summed E-state index contributed by atoms with van der Waals surface area (Å²) in [6.45, 7) is 9.65. The van der Waals surface area contributed by atoms with Crippen LogP contribution in [0.25, 0.3) is 5.57 Å². The maximum Gasteiger partial charge on any atom is 0.241 e. The number of carbonyl (C=O) groups is 2. The molecule has 0 radical (unpaired) electrons. The first-order valence-corrected chi connectivity index (χ1v) is 32.9. The summed E-state index contributed by atoms with van der Waals surface area (Å²) in [6.07, 6.45) is 9.61. The molecule has 0 bridgehead atoms. The van der Waals surface area contributed by atoms with Gasteiger partial charge in [-0.05, 0) is 94.0 Å². The van der Waals surface area contributed by atoms with E-state index in [9.17, 15) is 26.4 Å². The van der Waals surface area contributed by atoms with E-state index in [2.05, 4.69) is 73.5 Å². The molecule has 23 heteroatoms. The molecule has 0 spiro atoms. The van der Waals surface area contributed by atoms with Crippen LogP contribution in [0.2, 0.25) is 0 Å². The highest BCUT2D eigenvalue weighted by Gasteiger charge is 2.37. The topological polar surface area (TPSA) is 221 Å². The Hall–Kier alpha value is -3.59. The lowest BCUT2D eigenvalue weighted by molar-refractivity contribution is -0.119. The molecule has 0 atom stereocenters. The van der Waals surface area contributed by atoms with Crippen molar-refractivity contribution in [1.82, 2.24) is 24.7 Å². The fraction of sp³-hybridized carbons (Fsp3) is 0.618. The summed E-state index contributed by atoms with van der Waals surface area (Å²) in [4.78, 5) is 24.8. The molecule has 0 aliphatic carbocycles. The Labute approximate surface area is 476 Å². The number of hydrogen-bond donors (Lipinski definition) is 4. The lowest BCUT2D eigenvalue weighted by atomic mass is 9.82. The van der Waals surface area contributed by atoms with Crippen LogP contribution in [0, 0.1) is 0 Å². The quantitative estimate of drug-likeness (QED) is 0.0295. The minimum absolute atomic E-state index is 0.0488. The molecule has 2 amide bonds. The van der Waals surface area contributed by atoms with Gasteiger partial charge in [0.2, 0.25) is 37.2 Å². The molecule has 3 aromatic carbocycles. The van der Waals surface area contributed by atoms with Gasteiger partial charge in [-0.3, -0.25) is 9.59 Å². The fourth-order valence-electron chi connectivity index (χ4n) is 10.8. The van der Waals surface area contributed by atoms with Gasteiger partial charge in [0.05, 0.1) is 78.9 Å². The van der Waals surface area contributed by atoms with Gasteiger partial charge in [0, 0.05) is 117 Å². The maximum atomic E-state index is 15.0. The monoisotopic (exact) mass is 1250 g/mol. The van der Waals surface area contributed by atoms with Crippen LogP contribution >= 0.6 is 31.9 Å². The molecule has 0 unspecified atom stereocenters. The van der Waals surface area contributed by atoms with Crippen LogP contribution in [0.1, 0.15) is 84.7 Å². The number of amides is 2. The Balaban J connectivity index is 0.971. The summed E-state index contributed by atoms with van der Waals surface area (Å²) in [7, 11) is -8.55. The van der Waals surface area contributed by atoms with Crippen molar-refractivity contribution in [2.24, 2.45) is 0 Å². The summed E-state index contributed by atoms with van der Waals surface area (Å²) in [5.74, 6) is 1.41. The number of alkyl halides is 2. The Morgan fingerprint density at radius 2 is 1.08 bits per heavy atom. The zero-order valence-electron chi connectivity index (χ0n) is 44.7. The van der Waals surface area contributed by atoms with Crippen LogP contribution in [0.4, 0.5) is 5.69 Å². The number of hydrogen-bond acceptors (Lipinski definition) is 14. The molecule has 0 saturated carbocycles. The second kappa shape index (κ2) is 30.5. The maximum absolute atomic E-state index is 15.0. The molecule has 5 aliphatic rings. The zero-order chi connectivity index (χ0) is 54.7.